The molecule has 0 spiro atoms. The summed E-state index contributed by atoms with van der Waals surface area (Å²) in [5.74, 6) is 0.0318. The number of anilines is 1. The molecule has 7 nitrogen and oxygen atoms in total. The van der Waals surface area contributed by atoms with E-state index in [2.05, 4.69) is 5.32 Å². The molecule has 1 N–H and O–H groups in total. The molecular weight excluding hydrogens is 354 g/mol. The summed E-state index contributed by atoms with van der Waals surface area (Å²) in [4.78, 5) is 12.4. The first kappa shape index (κ1) is 19.4. The average molecular weight is 373 g/mol. The van der Waals surface area contributed by atoms with Crippen molar-refractivity contribution in [1.82, 2.24) is 4.31 Å². The molecule has 2 rings (SSSR count). The van der Waals surface area contributed by atoms with Crippen molar-refractivity contribution in [3.8, 4) is 11.8 Å². The molecule has 0 aliphatic heterocycles. The lowest BCUT2D eigenvalue weighted by Crippen LogP contribution is -2.30. The average Bonchev–Trinajstić information content (AvgIpc) is 2.62. The number of nitrogens with one attached hydrogen (secondary N) is 1. The van der Waals surface area contributed by atoms with Crippen LogP contribution in [0, 0.1) is 11.3 Å². The van der Waals surface area contributed by atoms with Gasteiger partial charge >= 0.3 is 0 Å². The second-order valence-corrected chi connectivity index (χ2v) is 7.85. The quantitative estimate of drug-likeness (QED) is 0.837. The molecule has 0 saturated carbocycles. The largest absolute Gasteiger partial charge is 0.481 e. The van der Waals surface area contributed by atoms with Gasteiger partial charge in [-0.15, -0.1) is 0 Å². The van der Waals surface area contributed by atoms with Crippen LogP contribution >= 0.6 is 0 Å². The van der Waals surface area contributed by atoms with Crippen LogP contribution in [-0.2, 0) is 14.8 Å². The Hall–Kier alpha value is -2.89. The molecule has 0 fully saturated rings. The smallest absolute Gasteiger partial charge is 0.265 e. The minimum atomic E-state index is -3.59. The Bertz CT molecular complexity index is 932. The monoisotopic (exact) mass is 373 g/mol. The lowest BCUT2D eigenvalue weighted by Gasteiger charge is -2.16. The van der Waals surface area contributed by atoms with Gasteiger partial charge in [0.05, 0.1) is 16.5 Å². The standard InChI is InChI=1S/C18H19N3O4S/c1-13(25-16-9-7-14(12-19)8-10-16)18(22)20-15-5-4-6-17(11-15)26(23,24)21(2)3/h4-11,13H,1-3H3,(H,20,22)/t13-/m0/s1. The van der Waals surface area contributed by atoms with Crippen LogP contribution in [0.4, 0.5) is 5.69 Å². The van der Waals surface area contributed by atoms with E-state index in [-0.39, 0.29) is 4.90 Å². The van der Waals surface area contributed by atoms with Gasteiger partial charge in [-0.05, 0) is 49.4 Å². The zero-order valence-electron chi connectivity index (χ0n) is 14.6. The van der Waals surface area contributed by atoms with Crippen LogP contribution in [0.5, 0.6) is 5.75 Å². The number of nitrogens with zero attached hydrogens (tertiary/aromatic N) is 2. The Morgan fingerprint density at radius 2 is 1.85 bits per heavy atom. The lowest BCUT2D eigenvalue weighted by atomic mass is 10.2. The summed E-state index contributed by atoms with van der Waals surface area (Å²) < 4.78 is 31.0. The van der Waals surface area contributed by atoms with Crippen LogP contribution in [0.2, 0.25) is 0 Å². The Morgan fingerprint density at radius 1 is 1.19 bits per heavy atom. The fourth-order valence-electron chi connectivity index (χ4n) is 2.05. The maximum atomic E-state index is 12.3. The highest BCUT2D eigenvalue weighted by Gasteiger charge is 2.19. The first-order valence-electron chi connectivity index (χ1n) is 7.74. The first-order valence-corrected chi connectivity index (χ1v) is 9.18. The molecule has 2 aromatic rings. The molecule has 0 bridgehead atoms. The van der Waals surface area contributed by atoms with Crippen molar-refractivity contribution in [3.05, 3.63) is 54.1 Å². The number of carbonyl (C=O) groups excluding carboxylic acids is 1. The molecule has 1 amide bonds. The van der Waals surface area contributed by atoms with Crippen molar-refractivity contribution < 1.29 is 17.9 Å². The van der Waals surface area contributed by atoms with Crippen LogP contribution in [0.1, 0.15) is 12.5 Å². The summed E-state index contributed by atoms with van der Waals surface area (Å²) in [5, 5.41) is 11.4. The van der Waals surface area contributed by atoms with Crippen LogP contribution < -0.4 is 10.1 Å². The van der Waals surface area contributed by atoms with E-state index in [1.807, 2.05) is 6.07 Å². The van der Waals surface area contributed by atoms with Gasteiger partial charge in [0, 0.05) is 19.8 Å². The van der Waals surface area contributed by atoms with E-state index in [1.54, 1.807) is 43.3 Å². The van der Waals surface area contributed by atoms with Gasteiger partial charge in [-0.3, -0.25) is 4.79 Å². The van der Waals surface area contributed by atoms with Crippen molar-refractivity contribution in [2.45, 2.75) is 17.9 Å². The highest BCUT2D eigenvalue weighted by Crippen LogP contribution is 2.19. The molecule has 0 aromatic heterocycles. The van der Waals surface area contributed by atoms with Gasteiger partial charge < -0.3 is 10.1 Å². The third-order valence-electron chi connectivity index (χ3n) is 3.55. The Labute approximate surface area is 152 Å². The molecule has 0 radical (unpaired) electrons. The van der Waals surface area contributed by atoms with Crippen LogP contribution in [0.15, 0.2) is 53.4 Å². The summed E-state index contributed by atoms with van der Waals surface area (Å²) in [5.41, 5.74) is 0.849. The van der Waals surface area contributed by atoms with Crippen LogP contribution in [0.3, 0.4) is 0 Å². The van der Waals surface area contributed by atoms with Gasteiger partial charge in [-0.1, -0.05) is 6.07 Å². The van der Waals surface area contributed by atoms with E-state index < -0.39 is 22.0 Å². The Morgan fingerprint density at radius 3 is 2.42 bits per heavy atom. The second kappa shape index (κ2) is 7.99. The van der Waals surface area contributed by atoms with Gasteiger partial charge in [0.25, 0.3) is 5.91 Å². The molecule has 0 saturated heterocycles. The van der Waals surface area contributed by atoms with Crippen molar-refractivity contribution in [3.63, 3.8) is 0 Å². The van der Waals surface area contributed by atoms with E-state index >= 15 is 0 Å². The van der Waals surface area contributed by atoms with Crippen LogP contribution in [-0.4, -0.2) is 38.8 Å². The van der Waals surface area contributed by atoms with Gasteiger partial charge in [-0.25, -0.2) is 12.7 Å². The van der Waals surface area contributed by atoms with E-state index in [9.17, 15) is 13.2 Å². The number of benzene rings is 2. The topological polar surface area (TPSA) is 99.5 Å². The van der Waals surface area contributed by atoms with Crippen molar-refractivity contribution >= 4 is 21.6 Å². The maximum Gasteiger partial charge on any atom is 0.265 e. The fourth-order valence-corrected chi connectivity index (χ4v) is 3.00. The predicted molar refractivity (Wildman–Crippen MR) is 97.2 cm³/mol. The molecule has 0 unspecified atom stereocenters. The third-order valence-corrected chi connectivity index (χ3v) is 5.36. The highest BCUT2D eigenvalue weighted by atomic mass is 32.2. The minimum absolute atomic E-state index is 0.0842. The summed E-state index contributed by atoms with van der Waals surface area (Å²) in [6, 6.07) is 14.4. The molecule has 0 aliphatic carbocycles. The van der Waals surface area contributed by atoms with Gasteiger partial charge in [-0.2, -0.15) is 5.26 Å². The highest BCUT2D eigenvalue weighted by molar-refractivity contribution is 7.89. The summed E-state index contributed by atoms with van der Waals surface area (Å²) in [7, 11) is -0.709. The zero-order chi connectivity index (χ0) is 19.3. The van der Waals surface area contributed by atoms with E-state index in [0.29, 0.717) is 17.0 Å². The fraction of sp³-hybridized carbons (Fsp3) is 0.222. The van der Waals surface area contributed by atoms with Crippen LogP contribution in [0.25, 0.3) is 0 Å². The molecule has 8 heteroatoms. The van der Waals surface area contributed by atoms with Crippen molar-refractivity contribution in [2.24, 2.45) is 0 Å². The number of hydrogen-bond donors (Lipinski definition) is 1. The number of ether oxygens (including phenoxy) is 1. The predicted octanol–water partition coefficient (Wildman–Crippen LogP) is 2.21. The van der Waals surface area contributed by atoms with E-state index in [4.69, 9.17) is 10.00 Å². The summed E-state index contributed by atoms with van der Waals surface area (Å²) in [6.45, 7) is 1.58. The number of nitriles is 1. The van der Waals surface area contributed by atoms with E-state index in [1.165, 1.54) is 26.2 Å². The van der Waals surface area contributed by atoms with Gasteiger partial charge in [0.1, 0.15) is 5.75 Å². The SMILES string of the molecule is C[C@H](Oc1ccc(C#N)cc1)C(=O)Nc1cccc(S(=O)(=O)N(C)C)c1. The maximum absolute atomic E-state index is 12.3. The molecule has 0 heterocycles. The number of rotatable bonds is 6. The number of hydrogen-bond acceptors (Lipinski definition) is 5. The molecule has 136 valence electrons. The van der Waals surface area contributed by atoms with Crippen molar-refractivity contribution in [2.75, 3.05) is 19.4 Å². The number of carbonyl (C=O) groups is 1. The van der Waals surface area contributed by atoms with Crippen molar-refractivity contribution in [1.29, 1.82) is 5.26 Å². The van der Waals surface area contributed by atoms with Gasteiger partial charge in [0.15, 0.2) is 6.10 Å². The third kappa shape index (κ3) is 4.59. The zero-order valence-corrected chi connectivity index (χ0v) is 15.4. The Balaban J connectivity index is 2.08. The molecular formula is C18H19N3O4S. The minimum Gasteiger partial charge on any atom is -0.481 e. The molecule has 1 atom stereocenters. The molecule has 26 heavy (non-hydrogen) atoms. The number of amides is 1. The summed E-state index contributed by atoms with van der Waals surface area (Å²) in [6.07, 6.45) is -0.808. The lowest BCUT2D eigenvalue weighted by molar-refractivity contribution is -0.122. The molecule has 0 aliphatic rings. The molecule has 2 aromatic carbocycles. The van der Waals surface area contributed by atoms with E-state index in [0.717, 1.165) is 4.31 Å². The first-order chi connectivity index (χ1) is 12.2. The normalized spacial score (nSPS) is 12.3. The summed E-state index contributed by atoms with van der Waals surface area (Å²) >= 11 is 0. The van der Waals surface area contributed by atoms with Gasteiger partial charge in [0.2, 0.25) is 10.0 Å². The number of sulfonamides is 1. The Kier molecular flexibility index (Phi) is 5.97. The second-order valence-electron chi connectivity index (χ2n) is 5.70.